The van der Waals surface area contributed by atoms with Crippen molar-refractivity contribution in [3.8, 4) is 0 Å². The SMILES string of the molecule is CCOC(=O)c1c(NC2CC2CC)sc(C(=O)NC)c1N. The van der Waals surface area contributed by atoms with Crippen molar-refractivity contribution in [2.24, 2.45) is 5.92 Å². The Labute approximate surface area is 128 Å². The Balaban J connectivity index is 2.32. The first-order valence-electron chi connectivity index (χ1n) is 7.11. The van der Waals surface area contributed by atoms with Crippen LogP contribution < -0.4 is 16.4 Å². The Bertz CT molecular complexity index is 556. The van der Waals surface area contributed by atoms with Crippen LogP contribution in [0.2, 0.25) is 0 Å². The summed E-state index contributed by atoms with van der Waals surface area (Å²) in [5.41, 5.74) is 6.45. The van der Waals surface area contributed by atoms with Gasteiger partial charge < -0.3 is 21.1 Å². The predicted octanol–water partition coefficient (Wildman–Crippen LogP) is 2.08. The highest BCUT2D eigenvalue weighted by molar-refractivity contribution is 7.19. The fraction of sp³-hybridized carbons (Fsp3) is 0.571. The van der Waals surface area contributed by atoms with Crippen LogP contribution in [0.25, 0.3) is 0 Å². The average molecular weight is 311 g/mol. The van der Waals surface area contributed by atoms with Gasteiger partial charge in [0.25, 0.3) is 5.91 Å². The van der Waals surface area contributed by atoms with Crippen LogP contribution in [0.15, 0.2) is 0 Å². The number of hydrogen-bond donors (Lipinski definition) is 3. The lowest BCUT2D eigenvalue weighted by atomic mass is 10.2. The van der Waals surface area contributed by atoms with E-state index >= 15 is 0 Å². The van der Waals surface area contributed by atoms with E-state index in [0.29, 0.717) is 21.8 Å². The zero-order valence-corrected chi connectivity index (χ0v) is 13.3. The fourth-order valence-corrected chi connectivity index (χ4v) is 3.39. The summed E-state index contributed by atoms with van der Waals surface area (Å²) in [6.07, 6.45) is 2.17. The summed E-state index contributed by atoms with van der Waals surface area (Å²) in [5.74, 6) is -0.164. The fourth-order valence-electron chi connectivity index (χ4n) is 2.28. The van der Waals surface area contributed by atoms with E-state index in [2.05, 4.69) is 17.6 Å². The van der Waals surface area contributed by atoms with Gasteiger partial charge in [0.2, 0.25) is 0 Å². The molecule has 0 aliphatic heterocycles. The zero-order valence-electron chi connectivity index (χ0n) is 12.5. The van der Waals surface area contributed by atoms with Crippen molar-refractivity contribution in [3.05, 3.63) is 10.4 Å². The molecule has 0 saturated heterocycles. The van der Waals surface area contributed by atoms with Gasteiger partial charge in [-0.25, -0.2) is 4.79 Å². The number of thiophene rings is 1. The predicted molar refractivity (Wildman–Crippen MR) is 83.9 cm³/mol. The van der Waals surface area contributed by atoms with Crippen LogP contribution in [0, 0.1) is 5.92 Å². The normalized spacial score (nSPS) is 20.0. The number of carbonyl (C=O) groups excluding carboxylic acids is 2. The van der Waals surface area contributed by atoms with E-state index in [0.717, 1.165) is 12.8 Å². The molecule has 1 fully saturated rings. The van der Waals surface area contributed by atoms with Crippen molar-refractivity contribution in [1.29, 1.82) is 0 Å². The molecule has 1 aliphatic carbocycles. The van der Waals surface area contributed by atoms with Crippen molar-refractivity contribution < 1.29 is 14.3 Å². The Morgan fingerprint density at radius 1 is 1.43 bits per heavy atom. The first kappa shape index (κ1) is 15.6. The van der Waals surface area contributed by atoms with Crippen molar-refractivity contribution in [1.82, 2.24) is 5.32 Å². The smallest absolute Gasteiger partial charge is 0.343 e. The molecule has 0 aromatic carbocycles. The minimum atomic E-state index is -0.488. The van der Waals surface area contributed by atoms with E-state index in [1.165, 1.54) is 18.4 Å². The summed E-state index contributed by atoms with van der Waals surface area (Å²) in [4.78, 5) is 24.3. The first-order valence-corrected chi connectivity index (χ1v) is 7.93. The van der Waals surface area contributed by atoms with Gasteiger partial charge >= 0.3 is 5.97 Å². The Morgan fingerprint density at radius 3 is 2.67 bits per heavy atom. The minimum absolute atomic E-state index is 0.189. The van der Waals surface area contributed by atoms with Gasteiger partial charge in [0, 0.05) is 13.1 Å². The van der Waals surface area contributed by atoms with Gasteiger partial charge in [0.1, 0.15) is 15.4 Å². The standard InChI is InChI=1S/C14H21N3O3S/c1-4-7-6-8(7)17-13-9(14(19)20-5-2)10(15)11(21-13)12(18)16-3/h7-8,17H,4-6,15H2,1-3H3,(H,16,18). The Kier molecular flexibility index (Phi) is 4.72. The van der Waals surface area contributed by atoms with E-state index in [9.17, 15) is 9.59 Å². The molecule has 4 N–H and O–H groups in total. The second-order valence-electron chi connectivity index (χ2n) is 5.00. The van der Waals surface area contributed by atoms with E-state index in [1.807, 2.05) is 0 Å². The average Bonchev–Trinajstić information content (AvgIpc) is 3.13. The molecule has 1 amide bonds. The molecule has 2 unspecified atom stereocenters. The van der Waals surface area contributed by atoms with E-state index in [4.69, 9.17) is 10.5 Å². The van der Waals surface area contributed by atoms with Crippen molar-refractivity contribution in [2.75, 3.05) is 24.7 Å². The number of anilines is 2. The van der Waals surface area contributed by atoms with Gasteiger partial charge in [0.05, 0.1) is 12.3 Å². The van der Waals surface area contributed by atoms with Gasteiger partial charge in [-0.15, -0.1) is 11.3 Å². The summed E-state index contributed by atoms with van der Waals surface area (Å²) < 4.78 is 5.05. The topological polar surface area (TPSA) is 93.4 Å². The number of carbonyl (C=O) groups is 2. The summed E-state index contributed by atoms with van der Waals surface area (Å²) in [6.45, 7) is 4.14. The number of rotatable bonds is 6. The van der Waals surface area contributed by atoms with Crippen LogP contribution in [0.4, 0.5) is 10.7 Å². The number of esters is 1. The lowest BCUT2D eigenvalue weighted by Gasteiger charge is -2.07. The third kappa shape index (κ3) is 3.12. The second kappa shape index (κ2) is 6.34. The van der Waals surface area contributed by atoms with Gasteiger partial charge in [-0.2, -0.15) is 0 Å². The number of nitrogens with one attached hydrogen (secondary N) is 2. The Morgan fingerprint density at radius 2 is 2.14 bits per heavy atom. The van der Waals surface area contributed by atoms with Crippen molar-refractivity contribution in [2.45, 2.75) is 32.7 Å². The highest BCUT2D eigenvalue weighted by Crippen LogP contribution is 2.42. The van der Waals surface area contributed by atoms with Crippen LogP contribution in [-0.2, 0) is 4.74 Å². The Hall–Kier alpha value is -1.76. The second-order valence-corrected chi connectivity index (χ2v) is 6.02. The molecule has 2 rings (SSSR count). The quantitative estimate of drug-likeness (QED) is 0.699. The summed E-state index contributed by atoms with van der Waals surface area (Å²) in [6, 6.07) is 0.346. The van der Waals surface area contributed by atoms with Gasteiger partial charge in [-0.05, 0) is 19.3 Å². The number of ether oxygens (including phenoxy) is 1. The van der Waals surface area contributed by atoms with Crippen LogP contribution in [0.5, 0.6) is 0 Å². The highest BCUT2D eigenvalue weighted by Gasteiger charge is 2.37. The van der Waals surface area contributed by atoms with Crippen LogP contribution >= 0.6 is 11.3 Å². The van der Waals surface area contributed by atoms with Crippen LogP contribution in [0.1, 0.15) is 46.7 Å². The number of nitrogen functional groups attached to an aromatic ring is 1. The molecule has 1 aromatic rings. The molecule has 1 aromatic heterocycles. The molecule has 1 saturated carbocycles. The third-order valence-corrected chi connectivity index (χ3v) is 4.76. The van der Waals surface area contributed by atoms with E-state index < -0.39 is 5.97 Å². The maximum Gasteiger partial charge on any atom is 0.343 e. The summed E-state index contributed by atoms with van der Waals surface area (Å²) in [7, 11) is 1.53. The molecule has 0 radical (unpaired) electrons. The monoisotopic (exact) mass is 311 g/mol. The summed E-state index contributed by atoms with van der Waals surface area (Å²) >= 11 is 1.20. The molecular formula is C14H21N3O3S. The third-order valence-electron chi connectivity index (χ3n) is 3.62. The maximum absolute atomic E-state index is 12.1. The van der Waals surface area contributed by atoms with Gasteiger partial charge in [0.15, 0.2) is 0 Å². The van der Waals surface area contributed by atoms with Crippen LogP contribution in [-0.4, -0.2) is 31.6 Å². The molecule has 21 heavy (non-hydrogen) atoms. The molecular weight excluding hydrogens is 290 g/mol. The lowest BCUT2D eigenvalue weighted by Crippen LogP contribution is -2.18. The van der Waals surface area contributed by atoms with E-state index in [1.54, 1.807) is 6.92 Å². The lowest BCUT2D eigenvalue weighted by molar-refractivity contribution is 0.0529. The molecule has 7 heteroatoms. The zero-order chi connectivity index (χ0) is 15.6. The number of nitrogens with two attached hydrogens (primary N) is 1. The maximum atomic E-state index is 12.1. The van der Waals surface area contributed by atoms with Gasteiger partial charge in [-0.3, -0.25) is 4.79 Å². The highest BCUT2D eigenvalue weighted by atomic mass is 32.1. The first-order chi connectivity index (χ1) is 10.0. The van der Waals surface area contributed by atoms with E-state index in [-0.39, 0.29) is 23.8 Å². The van der Waals surface area contributed by atoms with Gasteiger partial charge in [-0.1, -0.05) is 13.3 Å². The molecule has 6 nitrogen and oxygen atoms in total. The number of amides is 1. The molecule has 1 heterocycles. The molecule has 116 valence electrons. The molecule has 0 bridgehead atoms. The van der Waals surface area contributed by atoms with Crippen molar-refractivity contribution in [3.63, 3.8) is 0 Å². The number of hydrogen-bond acceptors (Lipinski definition) is 6. The molecule has 1 aliphatic rings. The molecule has 0 spiro atoms. The molecule has 2 atom stereocenters. The van der Waals surface area contributed by atoms with Crippen LogP contribution in [0.3, 0.4) is 0 Å². The minimum Gasteiger partial charge on any atom is -0.462 e. The summed E-state index contributed by atoms with van der Waals surface area (Å²) in [5, 5.41) is 6.49. The largest absolute Gasteiger partial charge is 0.462 e. The van der Waals surface area contributed by atoms with Crippen molar-refractivity contribution >= 4 is 33.9 Å².